The van der Waals surface area contributed by atoms with Crippen molar-refractivity contribution in [2.75, 3.05) is 32.7 Å². The van der Waals surface area contributed by atoms with Crippen molar-refractivity contribution in [2.45, 2.75) is 36.1 Å². The van der Waals surface area contributed by atoms with Gasteiger partial charge in [0.25, 0.3) is 5.91 Å². The van der Waals surface area contributed by atoms with Crippen molar-refractivity contribution in [3.8, 4) is 0 Å². The Kier molecular flexibility index (Phi) is 7.51. The highest BCUT2D eigenvalue weighted by Crippen LogP contribution is 2.28. The topological polar surface area (TPSA) is 69.7 Å². The fraction of sp³-hybridized carbons (Fsp3) is 0.345. The Balaban J connectivity index is 1.26. The summed E-state index contributed by atoms with van der Waals surface area (Å²) in [7, 11) is -3.75. The van der Waals surface area contributed by atoms with Crippen molar-refractivity contribution < 1.29 is 13.2 Å². The van der Waals surface area contributed by atoms with Crippen LogP contribution in [-0.4, -0.2) is 62.9 Å². The number of carbonyl (C=O) groups excluding carboxylic acids is 1. The van der Waals surface area contributed by atoms with Crippen LogP contribution in [0.15, 0.2) is 89.8 Å². The fourth-order valence-corrected chi connectivity index (χ4v) is 6.56. The minimum atomic E-state index is -3.75. The number of nitrogens with one attached hydrogen (secondary N) is 1. The molecule has 0 spiro atoms. The molecule has 0 bridgehead atoms. The molecule has 0 radical (unpaired) electrons. The van der Waals surface area contributed by atoms with Crippen molar-refractivity contribution in [3.05, 3.63) is 102 Å². The summed E-state index contributed by atoms with van der Waals surface area (Å²) in [6, 6.07) is 27.2. The van der Waals surface area contributed by atoms with Crippen LogP contribution in [0.5, 0.6) is 0 Å². The molecule has 2 saturated heterocycles. The molecule has 0 saturated carbocycles. The van der Waals surface area contributed by atoms with Crippen molar-refractivity contribution in [1.82, 2.24) is 14.5 Å². The minimum Gasteiger partial charge on any atom is -0.336 e. The zero-order valence-electron chi connectivity index (χ0n) is 20.4. The number of benzene rings is 3. The molecule has 1 atom stereocenters. The Morgan fingerprint density at radius 1 is 0.889 bits per heavy atom. The van der Waals surface area contributed by atoms with E-state index in [1.165, 1.54) is 12.5 Å². The lowest BCUT2D eigenvalue weighted by molar-refractivity contribution is 0.0571. The highest BCUT2D eigenvalue weighted by molar-refractivity contribution is 7.89. The Bertz CT molecular complexity index is 1240. The van der Waals surface area contributed by atoms with Crippen LogP contribution >= 0.6 is 0 Å². The summed E-state index contributed by atoms with van der Waals surface area (Å²) in [6.45, 7) is 3.69. The molecule has 7 heteroatoms. The van der Waals surface area contributed by atoms with Crippen LogP contribution in [0.25, 0.3) is 0 Å². The number of sulfonamides is 1. The van der Waals surface area contributed by atoms with E-state index in [2.05, 4.69) is 33.9 Å². The summed E-state index contributed by atoms with van der Waals surface area (Å²) in [5.41, 5.74) is 2.73. The van der Waals surface area contributed by atoms with Gasteiger partial charge >= 0.3 is 0 Å². The number of rotatable bonds is 8. The highest BCUT2D eigenvalue weighted by Gasteiger charge is 2.33. The number of hydrogen-bond donors (Lipinski definition) is 1. The number of piperazine rings is 1. The molecule has 6 nitrogen and oxygen atoms in total. The number of carbonyl (C=O) groups is 1. The third kappa shape index (κ3) is 5.53. The average molecular weight is 504 g/mol. The summed E-state index contributed by atoms with van der Waals surface area (Å²) in [6.07, 6.45) is 2.92. The van der Waals surface area contributed by atoms with Crippen LogP contribution in [0.1, 0.15) is 46.7 Å². The minimum absolute atomic E-state index is 0.0808. The van der Waals surface area contributed by atoms with Gasteiger partial charge in [-0.05, 0) is 55.1 Å². The van der Waals surface area contributed by atoms with E-state index in [0.29, 0.717) is 37.7 Å². The summed E-state index contributed by atoms with van der Waals surface area (Å²) >= 11 is 0. The van der Waals surface area contributed by atoms with E-state index in [9.17, 15) is 13.2 Å². The molecule has 0 aliphatic carbocycles. The van der Waals surface area contributed by atoms with Gasteiger partial charge in [0, 0.05) is 43.7 Å². The zero-order chi connectivity index (χ0) is 25.0. The molecule has 3 aromatic rings. The maximum absolute atomic E-state index is 13.2. The van der Waals surface area contributed by atoms with Gasteiger partial charge in [0.15, 0.2) is 0 Å². The predicted octanol–water partition coefficient (Wildman–Crippen LogP) is 4.11. The molecule has 1 N–H and O–H groups in total. The average Bonchev–Trinajstić information content (AvgIpc) is 3.40. The second-order valence-corrected chi connectivity index (χ2v) is 11.4. The molecule has 2 aliphatic rings. The van der Waals surface area contributed by atoms with Crippen LogP contribution in [0.4, 0.5) is 0 Å². The van der Waals surface area contributed by atoms with E-state index in [-0.39, 0.29) is 16.7 Å². The maximum Gasteiger partial charge on any atom is 0.253 e. The second kappa shape index (κ2) is 10.9. The normalized spacial score (nSPS) is 18.4. The van der Waals surface area contributed by atoms with E-state index in [1.54, 1.807) is 18.2 Å². The third-order valence-electron chi connectivity index (χ3n) is 7.39. The van der Waals surface area contributed by atoms with Gasteiger partial charge in [-0.15, -0.1) is 0 Å². The van der Waals surface area contributed by atoms with Crippen LogP contribution < -0.4 is 4.72 Å². The van der Waals surface area contributed by atoms with E-state index < -0.39 is 10.0 Å². The molecule has 5 rings (SSSR count). The lowest BCUT2D eigenvalue weighted by Gasteiger charge is -2.37. The van der Waals surface area contributed by atoms with Gasteiger partial charge in [0.2, 0.25) is 10.0 Å². The van der Waals surface area contributed by atoms with E-state index in [1.807, 2.05) is 41.3 Å². The van der Waals surface area contributed by atoms with E-state index >= 15 is 0 Å². The van der Waals surface area contributed by atoms with E-state index in [4.69, 9.17) is 0 Å². The Morgan fingerprint density at radius 2 is 1.58 bits per heavy atom. The smallest absolute Gasteiger partial charge is 0.253 e. The van der Waals surface area contributed by atoms with Crippen molar-refractivity contribution in [1.29, 1.82) is 0 Å². The highest BCUT2D eigenvalue weighted by atomic mass is 32.2. The van der Waals surface area contributed by atoms with E-state index in [0.717, 1.165) is 30.6 Å². The molecular weight excluding hydrogens is 470 g/mol. The molecular formula is C29H33N3O3S. The van der Waals surface area contributed by atoms with Crippen LogP contribution in [0, 0.1) is 0 Å². The van der Waals surface area contributed by atoms with Gasteiger partial charge in [0.05, 0.1) is 4.90 Å². The van der Waals surface area contributed by atoms with Gasteiger partial charge in [0.1, 0.15) is 0 Å². The first kappa shape index (κ1) is 24.7. The lowest BCUT2D eigenvalue weighted by Crippen LogP contribution is -2.52. The monoisotopic (exact) mass is 503 g/mol. The molecule has 0 unspecified atom stereocenters. The zero-order valence-corrected chi connectivity index (χ0v) is 21.2. The summed E-state index contributed by atoms with van der Waals surface area (Å²) < 4.78 is 29.1. The van der Waals surface area contributed by atoms with Gasteiger partial charge in [-0.25, -0.2) is 13.1 Å². The van der Waals surface area contributed by atoms with Crippen molar-refractivity contribution >= 4 is 15.9 Å². The molecule has 2 fully saturated rings. The molecule has 2 aliphatic heterocycles. The second-order valence-electron chi connectivity index (χ2n) is 9.67. The maximum atomic E-state index is 13.2. The predicted molar refractivity (Wildman–Crippen MR) is 141 cm³/mol. The summed E-state index contributed by atoms with van der Waals surface area (Å²) in [5, 5.41) is 0. The SMILES string of the molecule is O=C(c1cccc(S(=O)(=O)NCCC(c2ccccc2)c2ccccc2)c1)N1CCN2CCC[C@@H]2C1. The fourth-order valence-electron chi connectivity index (χ4n) is 5.47. The van der Waals surface area contributed by atoms with Crippen LogP contribution in [-0.2, 0) is 10.0 Å². The third-order valence-corrected chi connectivity index (χ3v) is 8.85. The standard InChI is InChI=1S/C29H33N3O3S/c33-29(32-20-19-31-18-8-14-26(31)22-32)25-13-7-15-27(21-25)36(34,35)30-17-16-28(23-9-3-1-4-10-23)24-11-5-2-6-12-24/h1-7,9-13,15,21,26,28,30H,8,14,16-20,22H2/t26-/m1/s1. The first-order valence-electron chi connectivity index (χ1n) is 12.7. The Morgan fingerprint density at radius 3 is 2.28 bits per heavy atom. The lowest BCUT2D eigenvalue weighted by atomic mass is 9.89. The molecule has 1 amide bonds. The first-order valence-corrected chi connectivity index (χ1v) is 14.2. The van der Waals surface area contributed by atoms with Crippen LogP contribution in [0.2, 0.25) is 0 Å². The number of fused-ring (bicyclic) bond motifs is 1. The number of hydrogen-bond acceptors (Lipinski definition) is 4. The largest absolute Gasteiger partial charge is 0.336 e. The summed E-state index contributed by atoms with van der Waals surface area (Å²) in [4.78, 5) is 17.6. The quantitative estimate of drug-likeness (QED) is 0.502. The Labute approximate surface area is 214 Å². The molecule has 2 heterocycles. The summed E-state index contributed by atoms with van der Waals surface area (Å²) in [5.74, 6) is -0.0101. The molecule has 0 aromatic heterocycles. The number of amides is 1. The van der Waals surface area contributed by atoms with Gasteiger partial charge < -0.3 is 4.90 Å². The first-order chi connectivity index (χ1) is 17.5. The van der Waals surface area contributed by atoms with Crippen molar-refractivity contribution in [3.63, 3.8) is 0 Å². The number of nitrogens with zero attached hydrogens (tertiary/aromatic N) is 2. The molecule has 188 valence electrons. The Hall–Kier alpha value is -3.00. The van der Waals surface area contributed by atoms with Gasteiger partial charge in [-0.2, -0.15) is 0 Å². The van der Waals surface area contributed by atoms with Crippen molar-refractivity contribution in [2.24, 2.45) is 0 Å². The van der Waals surface area contributed by atoms with Crippen LogP contribution in [0.3, 0.4) is 0 Å². The van der Waals surface area contributed by atoms with Gasteiger partial charge in [-0.3, -0.25) is 9.69 Å². The van der Waals surface area contributed by atoms with Gasteiger partial charge in [-0.1, -0.05) is 66.7 Å². The molecule has 3 aromatic carbocycles. The molecule has 36 heavy (non-hydrogen) atoms.